The molecule has 5 heteroatoms. The third-order valence-electron chi connectivity index (χ3n) is 3.28. The van der Waals surface area contributed by atoms with Gasteiger partial charge in [0.25, 0.3) is 0 Å². The molecule has 0 saturated carbocycles. The number of hydrogen-bond donors (Lipinski definition) is 2. The predicted octanol–water partition coefficient (Wildman–Crippen LogP) is 2.92. The van der Waals surface area contributed by atoms with Gasteiger partial charge in [-0.1, -0.05) is 26.8 Å². The van der Waals surface area contributed by atoms with E-state index in [0.29, 0.717) is 5.69 Å². The number of carboxylic acids is 1. The molecule has 0 saturated heterocycles. The first-order valence-electron chi connectivity index (χ1n) is 6.68. The molecule has 21 heavy (non-hydrogen) atoms. The van der Waals surface area contributed by atoms with E-state index in [1.165, 1.54) is 0 Å². The van der Waals surface area contributed by atoms with Gasteiger partial charge in [-0.2, -0.15) is 0 Å². The predicted molar refractivity (Wildman–Crippen MR) is 81.0 cm³/mol. The standard InChI is InChI=1S/C16H18N2O3/c1-16(2,3)13(15(20)21)14(19)18-12-8-4-7-11-10(12)6-5-9-17-11/h4-9,13H,1-3H3,(H,18,19)(H,20,21). The lowest BCUT2D eigenvalue weighted by atomic mass is 9.80. The largest absolute Gasteiger partial charge is 0.481 e. The summed E-state index contributed by atoms with van der Waals surface area (Å²) in [5.41, 5.74) is 0.651. The maximum atomic E-state index is 12.3. The molecule has 110 valence electrons. The highest BCUT2D eigenvalue weighted by Crippen LogP contribution is 2.29. The van der Waals surface area contributed by atoms with Crippen LogP contribution >= 0.6 is 0 Å². The molecule has 1 amide bonds. The third kappa shape index (κ3) is 3.18. The van der Waals surface area contributed by atoms with Crippen LogP contribution in [0.15, 0.2) is 36.5 Å². The molecule has 5 nitrogen and oxygen atoms in total. The maximum Gasteiger partial charge on any atom is 0.316 e. The van der Waals surface area contributed by atoms with Crippen LogP contribution in [0, 0.1) is 11.3 Å². The zero-order valence-electron chi connectivity index (χ0n) is 12.3. The van der Waals surface area contributed by atoms with E-state index in [9.17, 15) is 14.7 Å². The van der Waals surface area contributed by atoms with Gasteiger partial charge in [0.15, 0.2) is 0 Å². The number of amides is 1. The fourth-order valence-electron chi connectivity index (χ4n) is 2.29. The molecule has 0 spiro atoms. The lowest BCUT2D eigenvalue weighted by Gasteiger charge is -2.26. The minimum absolute atomic E-state index is 0.522. The second-order valence-corrected chi connectivity index (χ2v) is 6.00. The average molecular weight is 286 g/mol. The number of carbonyl (C=O) groups excluding carboxylic acids is 1. The lowest BCUT2D eigenvalue weighted by molar-refractivity contribution is -0.149. The number of benzene rings is 1. The number of carboxylic acid groups (broad SMARTS) is 1. The van der Waals surface area contributed by atoms with E-state index < -0.39 is 23.2 Å². The molecule has 1 aromatic carbocycles. The number of aromatic nitrogens is 1. The van der Waals surface area contributed by atoms with E-state index in [2.05, 4.69) is 10.3 Å². The zero-order chi connectivity index (χ0) is 15.6. The van der Waals surface area contributed by atoms with Gasteiger partial charge in [-0.3, -0.25) is 14.6 Å². The molecule has 1 atom stereocenters. The molecule has 2 N–H and O–H groups in total. The van der Waals surface area contributed by atoms with Gasteiger partial charge in [-0.25, -0.2) is 0 Å². The molecule has 2 aromatic rings. The van der Waals surface area contributed by atoms with Crippen LogP contribution in [-0.4, -0.2) is 22.0 Å². The number of pyridine rings is 1. The lowest BCUT2D eigenvalue weighted by Crippen LogP contribution is -2.39. The van der Waals surface area contributed by atoms with Gasteiger partial charge in [-0.05, 0) is 29.7 Å². The van der Waals surface area contributed by atoms with Crippen molar-refractivity contribution < 1.29 is 14.7 Å². The summed E-state index contributed by atoms with van der Waals surface area (Å²) in [5.74, 6) is -2.77. The normalized spacial score (nSPS) is 12.9. The van der Waals surface area contributed by atoms with Crippen LogP contribution in [0.25, 0.3) is 10.9 Å². The van der Waals surface area contributed by atoms with Crippen molar-refractivity contribution in [3.63, 3.8) is 0 Å². The van der Waals surface area contributed by atoms with E-state index in [4.69, 9.17) is 0 Å². The van der Waals surface area contributed by atoms with E-state index in [1.54, 1.807) is 45.2 Å². The summed E-state index contributed by atoms with van der Waals surface area (Å²) in [7, 11) is 0. The van der Waals surface area contributed by atoms with Crippen LogP contribution in [-0.2, 0) is 9.59 Å². The van der Waals surface area contributed by atoms with Gasteiger partial charge in [0.05, 0.1) is 11.2 Å². The Morgan fingerprint density at radius 2 is 1.90 bits per heavy atom. The van der Waals surface area contributed by atoms with E-state index in [0.717, 1.165) is 10.9 Å². The number of carbonyl (C=O) groups is 2. The van der Waals surface area contributed by atoms with Crippen LogP contribution in [0.5, 0.6) is 0 Å². The molecule has 0 aliphatic heterocycles. The van der Waals surface area contributed by atoms with Gasteiger partial charge in [0.2, 0.25) is 5.91 Å². The Balaban J connectivity index is 2.35. The first-order chi connectivity index (χ1) is 9.80. The summed E-state index contributed by atoms with van der Waals surface area (Å²) in [6.45, 7) is 5.20. The van der Waals surface area contributed by atoms with Crippen LogP contribution < -0.4 is 5.32 Å². The molecular formula is C16H18N2O3. The molecule has 0 radical (unpaired) electrons. The minimum atomic E-state index is -1.13. The number of aliphatic carboxylic acids is 1. The van der Waals surface area contributed by atoms with E-state index in [-0.39, 0.29) is 0 Å². The smallest absolute Gasteiger partial charge is 0.316 e. The van der Waals surface area contributed by atoms with Crippen molar-refractivity contribution in [3.05, 3.63) is 36.5 Å². The molecule has 1 unspecified atom stereocenters. The second-order valence-electron chi connectivity index (χ2n) is 6.00. The number of anilines is 1. The van der Waals surface area contributed by atoms with E-state index in [1.807, 2.05) is 12.1 Å². The van der Waals surface area contributed by atoms with Crippen LogP contribution in [0.1, 0.15) is 20.8 Å². The van der Waals surface area contributed by atoms with Gasteiger partial charge in [-0.15, -0.1) is 0 Å². The Hall–Kier alpha value is -2.43. The molecule has 2 rings (SSSR count). The van der Waals surface area contributed by atoms with Crippen molar-refractivity contribution in [1.82, 2.24) is 4.98 Å². The number of rotatable bonds is 3. The van der Waals surface area contributed by atoms with Crippen molar-refractivity contribution in [2.24, 2.45) is 11.3 Å². The molecule has 1 heterocycles. The highest BCUT2D eigenvalue weighted by atomic mass is 16.4. The Labute approximate surface area is 123 Å². The highest BCUT2D eigenvalue weighted by Gasteiger charge is 2.37. The SMILES string of the molecule is CC(C)(C)C(C(=O)O)C(=O)Nc1cccc2ncccc12. The number of fused-ring (bicyclic) bond motifs is 1. The summed E-state index contributed by atoms with van der Waals surface area (Å²) in [4.78, 5) is 27.9. The summed E-state index contributed by atoms with van der Waals surface area (Å²) in [5, 5.41) is 12.8. The summed E-state index contributed by atoms with van der Waals surface area (Å²) >= 11 is 0. The van der Waals surface area contributed by atoms with Crippen LogP contribution in [0.2, 0.25) is 0 Å². The third-order valence-corrected chi connectivity index (χ3v) is 3.28. The topological polar surface area (TPSA) is 79.3 Å². The van der Waals surface area contributed by atoms with Gasteiger partial charge in [0, 0.05) is 11.6 Å². The Morgan fingerprint density at radius 3 is 2.52 bits per heavy atom. The fourth-order valence-corrected chi connectivity index (χ4v) is 2.29. The van der Waals surface area contributed by atoms with Gasteiger partial charge >= 0.3 is 5.97 Å². The van der Waals surface area contributed by atoms with Crippen molar-refractivity contribution >= 4 is 28.5 Å². The van der Waals surface area contributed by atoms with Crippen LogP contribution in [0.3, 0.4) is 0 Å². The summed E-state index contributed by atoms with van der Waals surface area (Å²) in [6.07, 6.45) is 1.67. The molecule has 1 aromatic heterocycles. The van der Waals surface area contributed by atoms with Gasteiger partial charge < -0.3 is 10.4 Å². The molecule has 0 aliphatic carbocycles. The maximum absolute atomic E-state index is 12.3. The van der Waals surface area contributed by atoms with E-state index >= 15 is 0 Å². The first-order valence-corrected chi connectivity index (χ1v) is 6.68. The van der Waals surface area contributed by atoms with Gasteiger partial charge in [0.1, 0.15) is 5.92 Å². The zero-order valence-corrected chi connectivity index (χ0v) is 12.3. The van der Waals surface area contributed by atoms with Crippen molar-refractivity contribution in [1.29, 1.82) is 0 Å². The Morgan fingerprint density at radius 1 is 1.19 bits per heavy atom. The summed E-state index contributed by atoms with van der Waals surface area (Å²) in [6, 6.07) is 8.96. The molecular weight excluding hydrogens is 268 g/mol. The molecule has 0 bridgehead atoms. The quantitative estimate of drug-likeness (QED) is 0.850. The van der Waals surface area contributed by atoms with Crippen molar-refractivity contribution in [2.45, 2.75) is 20.8 Å². The molecule has 0 aliphatic rings. The summed E-state index contributed by atoms with van der Waals surface area (Å²) < 4.78 is 0. The van der Waals surface area contributed by atoms with Crippen molar-refractivity contribution in [2.75, 3.05) is 5.32 Å². The van der Waals surface area contributed by atoms with Crippen LogP contribution in [0.4, 0.5) is 5.69 Å². The Kier molecular flexibility index (Phi) is 3.93. The highest BCUT2D eigenvalue weighted by molar-refractivity contribution is 6.08. The minimum Gasteiger partial charge on any atom is -0.481 e. The average Bonchev–Trinajstić information content (AvgIpc) is 2.37. The second kappa shape index (κ2) is 5.52. The first kappa shape index (κ1) is 15.0. The molecule has 0 fully saturated rings. The number of hydrogen-bond acceptors (Lipinski definition) is 3. The number of nitrogens with zero attached hydrogens (tertiary/aromatic N) is 1. The monoisotopic (exact) mass is 286 g/mol. The van der Waals surface area contributed by atoms with Crippen molar-refractivity contribution in [3.8, 4) is 0 Å². The number of nitrogens with one attached hydrogen (secondary N) is 1. The Bertz CT molecular complexity index is 684. The fraction of sp³-hybridized carbons (Fsp3) is 0.312.